The fourth-order valence-electron chi connectivity index (χ4n) is 2.08. The zero-order valence-electron chi connectivity index (χ0n) is 12.1. The highest BCUT2D eigenvalue weighted by Crippen LogP contribution is 2.45. The lowest BCUT2D eigenvalue weighted by molar-refractivity contribution is -0.131. The van der Waals surface area contributed by atoms with E-state index in [1.807, 2.05) is 0 Å². The molecule has 120 valence electrons. The quantitative estimate of drug-likeness (QED) is 0.399. The molecular formula is C14H14Br2O6. The Labute approximate surface area is 144 Å². The van der Waals surface area contributed by atoms with E-state index >= 15 is 0 Å². The largest absolute Gasteiger partial charge is 0.496 e. The highest BCUT2D eigenvalue weighted by molar-refractivity contribution is 9.12. The first-order chi connectivity index (χ1) is 10.3. The van der Waals surface area contributed by atoms with Crippen molar-refractivity contribution in [3.8, 4) is 11.5 Å². The van der Waals surface area contributed by atoms with Gasteiger partial charge in [-0.1, -0.05) is 22.0 Å². The van der Waals surface area contributed by atoms with Crippen LogP contribution >= 0.6 is 31.9 Å². The number of carbonyl (C=O) groups is 2. The fourth-order valence-corrected chi connectivity index (χ4v) is 2.93. The smallest absolute Gasteiger partial charge is 0.349 e. The lowest BCUT2D eigenvalue weighted by Gasteiger charge is -2.34. The number of hydrogen-bond acceptors (Lipinski definition) is 6. The first kappa shape index (κ1) is 17.1. The van der Waals surface area contributed by atoms with Gasteiger partial charge < -0.3 is 18.9 Å². The van der Waals surface area contributed by atoms with Crippen LogP contribution in [0.25, 0.3) is 0 Å². The van der Waals surface area contributed by atoms with Crippen LogP contribution in [0.15, 0.2) is 12.1 Å². The third kappa shape index (κ3) is 3.22. The molecular weight excluding hydrogens is 424 g/mol. The minimum Gasteiger partial charge on any atom is -0.496 e. The SMILES string of the molecule is COc1ccc(C(Br)C(Br)OC=O)c2c1C(=O)OC(C)(C)O2. The molecule has 0 spiro atoms. The molecule has 6 nitrogen and oxygen atoms in total. The molecule has 22 heavy (non-hydrogen) atoms. The van der Waals surface area contributed by atoms with E-state index in [4.69, 9.17) is 18.9 Å². The van der Waals surface area contributed by atoms with Gasteiger partial charge in [-0.15, -0.1) is 0 Å². The topological polar surface area (TPSA) is 71.1 Å². The third-order valence-electron chi connectivity index (χ3n) is 2.97. The zero-order valence-corrected chi connectivity index (χ0v) is 15.3. The normalized spacial score (nSPS) is 18.3. The molecule has 0 aromatic heterocycles. The van der Waals surface area contributed by atoms with Crippen molar-refractivity contribution in [3.63, 3.8) is 0 Å². The van der Waals surface area contributed by atoms with Crippen molar-refractivity contribution in [1.29, 1.82) is 0 Å². The molecule has 0 fully saturated rings. The van der Waals surface area contributed by atoms with E-state index in [1.165, 1.54) is 7.11 Å². The second-order valence-corrected chi connectivity index (χ2v) is 6.83. The predicted molar refractivity (Wildman–Crippen MR) is 84.6 cm³/mol. The van der Waals surface area contributed by atoms with E-state index < -0.39 is 21.6 Å². The lowest BCUT2D eigenvalue weighted by atomic mass is 10.0. The molecule has 1 aliphatic heterocycles. The van der Waals surface area contributed by atoms with E-state index in [0.29, 0.717) is 23.5 Å². The van der Waals surface area contributed by atoms with Gasteiger partial charge in [0.25, 0.3) is 6.47 Å². The highest BCUT2D eigenvalue weighted by atomic mass is 79.9. The molecule has 0 saturated carbocycles. The Morgan fingerprint density at radius 3 is 2.55 bits per heavy atom. The summed E-state index contributed by atoms with van der Waals surface area (Å²) >= 11 is 6.68. The summed E-state index contributed by atoms with van der Waals surface area (Å²) in [7, 11) is 1.46. The van der Waals surface area contributed by atoms with Crippen LogP contribution in [0.2, 0.25) is 0 Å². The first-order valence-electron chi connectivity index (χ1n) is 6.31. The lowest BCUT2D eigenvalue weighted by Crippen LogP contribution is -2.39. The summed E-state index contributed by atoms with van der Waals surface area (Å²) in [6, 6.07) is 3.36. The number of methoxy groups -OCH3 is 1. The molecule has 1 heterocycles. The van der Waals surface area contributed by atoms with Crippen LogP contribution in [0.3, 0.4) is 0 Å². The molecule has 2 rings (SSSR count). The van der Waals surface area contributed by atoms with Crippen LogP contribution in [-0.4, -0.2) is 30.4 Å². The van der Waals surface area contributed by atoms with Crippen molar-refractivity contribution in [1.82, 2.24) is 0 Å². The van der Waals surface area contributed by atoms with Gasteiger partial charge in [0.1, 0.15) is 17.1 Å². The van der Waals surface area contributed by atoms with Gasteiger partial charge in [0.05, 0.1) is 11.9 Å². The Bertz CT molecular complexity index is 601. The van der Waals surface area contributed by atoms with Gasteiger partial charge in [-0.3, -0.25) is 4.79 Å². The summed E-state index contributed by atoms with van der Waals surface area (Å²) in [5.74, 6) is -0.958. The number of ether oxygens (including phenoxy) is 4. The van der Waals surface area contributed by atoms with E-state index in [2.05, 4.69) is 31.9 Å². The highest BCUT2D eigenvalue weighted by Gasteiger charge is 2.39. The second-order valence-electron chi connectivity index (χ2n) is 4.94. The summed E-state index contributed by atoms with van der Waals surface area (Å²) in [6.45, 7) is 3.60. The number of carbonyl (C=O) groups excluding carboxylic acids is 2. The summed E-state index contributed by atoms with van der Waals surface area (Å²) in [6.07, 6.45) is 0. The Morgan fingerprint density at radius 2 is 1.95 bits per heavy atom. The monoisotopic (exact) mass is 436 g/mol. The Balaban J connectivity index is 2.56. The van der Waals surface area contributed by atoms with E-state index in [1.54, 1.807) is 26.0 Å². The maximum Gasteiger partial charge on any atom is 0.349 e. The van der Waals surface area contributed by atoms with Crippen LogP contribution in [0, 0.1) is 0 Å². The summed E-state index contributed by atoms with van der Waals surface area (Å²) in [5.41, 5.74) is 0.832. The number of esters is 1. The molecule has 0 aliphatic carbocycles. The molecule has 2 unspecified atom stereocenters. The van der Waals surface area contributed by atoms with Gasteiger partial charge in [0.2, 0.25) is 5.79 Å². The third-order valence-corrected chi connectivity index (χ3v) is 5.40. The summed E-state index contributed by atoms with van der Waals surface area (Å²) < 4.78 is 21.1. The van der Waals surface area contributed by atoms with Gasteiger partial charge >= 0.3 is 5.97 Å². The summed E-state index contributed by atoms with van der Waals surface area (Å²) in [4.78, 5) is 22.3. The maximum atomic E-state index is 12.3. The Morgan fingerprint density at radius 1 is 1.27 bits per heavy atom. The number of hydrogen-bond donors (Lipinski definition) is 0. The first-order valence-corrected chi connectivity index (χ1v) is 8.14. The number of alkyl halides is 2. The molecule has 1 aromatic rings. The number of benzene rings is 1. The minimum absolute atomic E-state index is 0.203. The molecule has 1 aromatic carbocycles. The van der Waals surface area contributed by atoms with Crippen LogP contribution in [0.4, 0.5) is 0 Å². The van der Waals surface area contributed by atoms with Gasteiger partial charge in [-0.25, -0.2) is 4.79 Å². The van der Waals surface area contributed by atoms with Crippen LogP contribution in [-0.2, 0) is 14.3 Å². The molecule has 2 atom stereocenters. The van der Waals surface area contributed by atoms with E-state index in [0.717, 1.165) is 0 Å². The van der Waals surface area contributed by atoms with Crippen LogP contribution in [0.5, 0.6) is 11.5 Å². The molecule has 0 saturated heterocycles. The van der Waals surface area contributed by atoms with Crippen molar-refractivity contribution in [2.24, 2.45) is 0 Å². The van der Waals surface area contributed by atoms with Gasteiger partial charge in [0.15, 0.2) is 5.01 Å². The number of cyclic esters (lactones) is 1. The average Bonchev–Trinajstić information content (AvgIpc) is 2.44. The van der Waals surface area contributed by atoms with Crippen molar-refractivity contribution in [2.45, 2.75) is 29.5 Å². The minimum atomic E-state index is -1.11. The zero-order chi connectivity index (χ0) is 16.5. The second kappa shape index (κ2) is 6.45. The van der Waals surface area contributed by atoms with E-state index in [-0.39, 0.29) is 5.56 Å². The standard InChI is InChI=1S/C14H14Br2O6/c1-14(2)21-11-7(10(15)12(16)20-6-17)4-5-8(19-3)9(11)13(18)22-14/h4-6,10,12H,1-3H3. The Kier molecular flexibility index (Phi) is 5.01. The van der Waals surface area contributed by atoms with Crippen molar-refractivity contribution < 1.29 is 28.5 Å². The number of rotatable bonds is 5. The van der Waals surface area contributed by atoms with Crippen molar-refractivity contribution in [2.75, 3.05) is 7.11 Å². The maximum absolute atomic E-state index is 12.3. The van der Waals surface area contributed by atoms with Gasteiger partial charge in [0, 0.05) is 19.4 Å². The molecule has 0 amide bonds. The van der Waals surface area contributed by atoms with Crippen LogP contribution in [0.1, 0.15) is 34.6 Å². The molecule has 0 N–H and O–H groups in total. The summed E-state index contributed by atoms with van der Waals surface area (Å²) in [5, 5.41) is -0.632. The molecule has 0 radical (unpaired) electrons. The number of fused-ring (bicyclic) bond motifs is 1. The van der Waals surface area contributed by atoms with E-state index in [9.17, 15) is 9.59 Å². The molecule has 0 bridgehead atoms. The predicted octanol–water partition coefficient (Wildman–Crippen LogP) is 3.31. The number of halogens is 2. The Hall–Kier alpha value is -1.28. The molecule has 1 aliphatic rings. The molecule has 8 heteroatoms. The van der Waals surface area contributed by atoms with Crippen molar-refractivity contribution in [3.05, 3.63) is 23.3 Å². The average molecular weight is 438 g/mol. The van der Waals surface area contributed by atoms with Crippen LogP contribution < -0.4 is 9.47 Å². The van der Waals surface area contributed by atoms with Crippen molar-refractivity contribution >= 4 is 44.3 Å². The fraction of sp³-hybridized carbons (Fsp3) is 0.429. The van der Waals surface area contributed by atoms with Gasteiger partial charge in [-0.2, -0.15) is 0 Å². The van der Waals surface area contributed by atoms with Gasteiger partial charge in [-0.05, 0) is 22.0 Å².